The molecule has 0 saturated carbocycles. The van der Waals surface area contributed by atoms with E-state index in [1.165, 1.54) is 4.88 Å². The second kappa shape index (κ2) is 5.65. The Morgan fingerprint density at radius 2 is 2.12 bits per heavy atom. The number of sulfonamides is 1. The Bertz CT molecular complexity index is 1020. The highest BCUT2D eigenvalue weighted by Gasteiger charge is 2.35. The smallest absolute Gasteiger partial charge is 0.245 e. The molecule has 0 saturated heterocycles. The summed E-state index contributed by atoms with van der Waals surface area (Å²) >= 11 is 1.71. The number of nitrogens with zero attached hydrogens (tertiary/aromatic N) is 2. The van der Waals surface area contributed by atoms with E-state index in [0.29, 0.717) is 17.0 Å². The number of rotatable bonds is 2. The fraction of sp³-hybridized carbons (Fsp3) is 0.278. The Morgan fingerprint density at radius 1 is 1.29 bits per heavy atom. The normalized spacial score (nSPS) is 18.7. The fourth-order valence-electron chi connectivity index (χ4n) is 3.39. The van der Waals surface area contributed by atoms with E-state index in [4.69, 9.17) is 0 Å². The van der Waals surface area contributed by atoms with Crippen molar-refractivity contribution in [3.05, 3.63) is 57.9 Å². The molecule has 4 nitrogen and oxygen atoms in total. The third-order valence-electron chi connectivity index (χ3n) is 4.62. The molecule has 1 aliphatic rings. The molecule has 3 heterocycles. The molecule has 0 aliphatic carbocycles. The van der Waals surface area contributed by atoms with Crippen molar-refractivity contribution >= 4 is 32.3 Å². The third-order valence-corrected chi connectivity index (χ3v) is 7.62. The summed E-state index contributed by atoms with van der Waals surface area (Å²) in [5.74, 6) is 0. The Labute approximate surface area is 145 Å². The summed E-state index contributed by atoms with van der Waals surface area (Å²) in [4.78, 5) is 5.99. The molecule has 0 amide bonds. The standard InChI is InChI=1S/C18H18N2O2S2/c1-12-10-14-4-3-5-17(18(14)19-11-12)24(21,22)20-8-6-16-15(13(20)2)7-9-23-16/h3-5,7,9-11,13H,6,8H2,1-2H3. The molecule has 4 rings (SSSR count). The minimum absolute atomic E-state index is 0.147. The molecule has 124 valence electrons. The number of fused-ring (bicyclic) bond motifs is 2. The predicted molar refractivity (Wildman–Crippen MR) is 96.8 cm³/mol. The first-order valence-electron chi connectivity index (χ1n) is 7.92. The topological polar surface area (TPSA) is 50.3 Å². The monoisotopic (exact) mass is 358 g/mol. The van der Waals surface area contributed by atoms with E-state index in [-0.39, 0.29) is 6.04 Å². The second-order valence-corrected chi connectivity index (χ2v) is 9.04. The summed E-state index contributed by atoms with van der Waals surface area (Å²) in [5, 5.41) is 2.90. The van der Waals surface area contributed by atoms with Crippen molar-refractivity contribution in [2.45, 2.75) is 31.2 Å². The molecule has 2 aromatic heterocycles. The maximum Gasteiger partial charge on any atom is 0.245 e. The van der Waals surface area contributed by atoms with Crippen molar-refractivity contribution < 1.29 is 8.42 Å². The maximum atomic E-state index is 13.3. The molecule has 24 heavy (non-hydrogen) atoms. The van der Waals surface area contributed by atoms with Gasteiger partial charge in [-0.05, 0) is 55.0 Å². The SMILES string of the molecule is Cc1cnc2c(S(=O)(=O)N3CCc4sccc4C3C)cccc2c1. The highest BCUT2D eigenvalue weighted by molar-refractivity contribution is 7.89. The van der Waals surface area contributed by atoms with Crippen LogP contribution < -0.4 is 0 Å². The molecular formula is C18H18N2O2S2. The van der Waals surface area contributed by atoms with Gasteiger partial charge in [0.25, 0.3) is 0 Å². The lowest BCUT2D eigenvalue weighted by molar-refractivity contribution is 0.329. The Kier molecular flexibility index (Phi) is 3.71. The summed E-state index contributed by atoms with van der Waals surface area (Å²) < 4.78 is 28.2. The Balaban J connectivity index is 1.85. The van der Waals surface area contributed by atoms with Crippen LogP contribution in [0.25, 0.3) is 10.9 Å². The van der Waals surface area contributed by atoms with Gasteiger partial charge in [-0.3, -0.25) is 4.98 Å². The van der Waals surface area contributed by atoms with Gasteiger partial charge in [0.2, 0.25) is 10.0 Å². The molecule has 6 heteroatoms. The zero-order valence-electron chi connectivity index (χ0n) is 13.6. The van der Waals surface area contributed by atoms with Gasteiger partial charge >= 0.3 is 0 Å². The number of para-hydroxylation sites is 1. The molecule has 3 aromatic rings. The number of aromatic nitrogens is 1. The third kappa shape index (κ3) is 2.37. The first kappa shape index (κ1) is 15.7. The van der Waals surface area contributed by atoms with E-state index >= 15 is 0 Å². The molecule has 0 fully saturated rings. The number of aryl methyl sites for hydroxylation is 1. The molecule has 1 atom stereocenters. The lowest BCUT2D eigenvalue weighted by atomic mass is 10.0. The highest BCUT2D eigenvalue weighted by Crippen LogP contribution is 2.37. The molecule has 1 aromatic carbocycles. The zero-order chi connectivity index (χ0) is 16.9. The number of pyridine rings is 1. The number of benzene rings is 1. The first-order valence-corrected chi connectivity index (χ1v) is 10.2. The van der Waals surface area contributed by atoms with E-state index in [2.05, 4.69) is 4.98 Å². The summed E-state index contributed by atoms with van der Waals surface area (Å²) in [6.45, 7) is 4.43. The van der Waals surface area contributed by atoms with Crippen LogP contribution in [0, 0.1) is 6.92 Å². The predicted octanol–water partition coefficient (Wildman–Crippen LogP) is 3.91. The summed E-state index contributed by atoms with van der Waals surface area (Å²) in [7, 11) is -3.60. The fourth-order valence-corrected chi connectivity index (χ4v) is 6.13. The van der Waals surface area contributed by atoms with Gasteiger partial charge in [-0.2, -0.15) is 4.31 Å². The average molecular weight is 358 g/mol. The first-order chi connectivity index (χ1) is 11.5. The van der Waals surface area contributed by atoms with Gasteiger partial charge < -0.3 is 0 Å². The van der Waals surface area contributed by atoms with Gasteiger partial charge in [-0.25, -0.2) is 8.42 Å². The summed E-state index contributed by atoms with van der Waals surface area (Å²) in [6.07, 6.45) is 2.49. The Morgan fingerprint density at radius 3 is 2.96 bits per heavy atom. The Hall–Kier alpha value is -1.76. The molecule has 1 aliphatic heterocycles. The van der Waals surface area contributed by atoms with Gasteiger partial charge in [0, 0.05) is 29.0 Å². The largest absolute Gasteiger partial charge is 0.255 e. The highest BCUT2D eigenvalue weighted by atomic mass is 32.2. The number of hydrogen-bond donors (Lipinski definition) is 0. The van der Waals surface area contributed by atoms with Crippen LogP contribution in [-0.4, -0.2) is 24.3 Å². The maximum absolute atomic E-state index is 13.3. The summed E-state index contributed by atoms with van der Waals surface area (Å²) in [6, 6.07) is 9.22. The van der Waals surface area contributed by atoms with Gasteiger partial charge in [-0.1, -0.05) is 12.1 Å². The number of hydrogen-bond acceptors (Lipinski definition) is 4. The van der Waals surface area contributed by atoms with Crippen molar-refractivity contribution in [2.75, 3.05) is 6.54 Å². The summed E-state index contributed by atoms with van der Waals surface area (Å²) in [5.41, 5.74) is 2.69. The second-order valence-electron chi connectivity index (χ2n) is 6.18. The van der Waals surface area contributed by atoms with Gasteiger partial charge in [0.1, 0.15) is 4.90 Å². The van der Waals surface area contributed by atoms with E-state index in [1.54, 1.807) is 34.0 Å². The van der Waals surface area contributed by atoms with Crippen molar-refractivity contribution in [3.63, 3.8) is 0 Å². The molecule has 0 radical (unpaired) electrons. The van der Waals surface area contributed by atoms with Crippen LogP contribution in [0.2, 0.25) is 0 Å². The quantitative estimate of drug-likeness (QED) is 0.698. The zero-order valence-corrected chi connectivity index (χ0v) is 15.2. The molecular weight excluding hydrogens is 340 g/mol. The minimum atomic E-state index is -3.60. The van der Waals surface area contributed by atoms with Gasteiger partial charge in [-0.15, -0.1) is 11.3 Å². The van der Waals surface area contributed by atoms with Gasteiger partial charge in [0.15, 0.2) is 0 Å². The van der Waals surface area contributed by atoms with Crippen LogP contribution >= 0.6 is 11.3 Å². The van der Waals surface area contributed by atoms with Crippen molar-refractivity contribution in [1.29, 1.82) is 0 Å². The van der Waals surface area contributed by atoms with E-state index < -0.39 is 10.0 Å². The van der Waals surface area contributed by atoms with Crippen LogP contribution in [0.5, 0.6) is 0 Å². The van der Waals surface area contributed by atoms with Crippen LogP contribution in [-0.2, 0) is 16.4 Å². The van der Waals surface area contributed by atoms with E-state index in [0.717, 1.165) is 22.9 Å². The molecule has 0 bridgehead atoms. The van der Waals surface area contributed by atoms with Crippen molar-refractivity contribution in [3.8, 4) is 0 Å². The molecule has 0 N–H and O–H groups in total. The van der Waals surface area contributed by atoms with Crippen molar-refractivity contribution in [1.82, 2.24) is 9.29 Å². The molecule has 0 spiro atoms. The lowest BCUT2D eigenvalue weighted by Gasteiger charge is -2.32. The van der Waals surface area contributed by atoms with Crippen molar-refractivity contribution in [2.24, 2.45) is 0 Å². The van der Waals surface area contributed by atoms with Crippen LogP contribution in [0.15, 0.2) is 46.8 Å². The van der Waals surface area contributed by atoms with E-state index in [9.17, 15) is 8.42 Å². The van der Waals surface area contributed by atoms with Crippen LogP contribution in [0.4, 0.5) is 0 Å². The lowest BCUT2D eigenvalue weighted by Crippen LogP contribution is -2.38. The molecule has 1 unspecified atom stereocenters. The van der Waals surface area contributed by atoms with E-state index in [1.807, 2.05) is 37.4 Å². The van der Waals surface area contributed by atoms with Gasteiger partial charge in [0.05, 0.1) is 5.52 Å². The van der Waals surface area contributed by atoms with Crippen LogP contribution in [0.3, 0.4) is 0 Å². The van der Waals surface area contributed by atoms with Crippen LogP contribution in [0.1, 0.15) is 29.0 Å². The number of thiophene rings is 1. The average Bonchev–Trinajstić information content (AvgIpc) is 3.03. The minimum Gasteiger partial charge on any atom is -0.255 e.